The van der Waals surface area contributed by atoms with Gasteiger partial charge in [0.05, 0.1) is 5.69 Å². The molecule has 1 aromatic heterocycles. The Bertz CT molecular complexity index is 3650. The van der Waals surface area contributed by atoms with Crippen LogP contribution in [0.2, 0.25) is 0 Å². The van der Waals surface area contributed by atoms with Crippen LogP contribution in [-0.2, 0) is 0 Å². The van der Waals surface area contributed by atoms with Gasteiger partial charge in [-0.3, -0.25) is 0 Å². The zero-order valence-corrected chi connectivity index (χ0v) is 33.9. The Hall–Kier alpha value is -8.20. The van der Waals surface area contributed by atoms with Gasteiger partial charge in [-0.05, 0) is 114 Å². The number of furan rings is 1. The predicted octanol–water partition coefficient (Wildman–Crippen LogP) is 17.2. The van der Waals surface area contributed by atoms with Gasteiger partial charge in [0.2, 0.25) is 0 Å². The standard InChI is InChI=1S/C60H39NO/c1-2-16-40(17-3-1)49-29-12-19-42-20-13-32-54(59(42)49)53-26-6-8-33-56(53)61(46-24-11-22-44(39-46)50-30-15-35-58-60(50)55-27-7-9-34-57(55)62-58)45-23-10-21-43(38-45)48-28-14-31-51-47-25-5-4-18-41(47)36-37-52(48)51/h1-39H. The lowest BCUT2D eigenvalue weighted by atomic mass is 9.90. The first-order chi connectivity index (χ1) is 30.8. The maximum absolute atomic E-state index is 6.37. The highest BCUT2D eigenvalue weighted by Gasteiger charge is 2.22. The summed E-state index contributed by atoms with van der Waals surface area (Å²) < 4.78 is 6.37. The smallest absolute Gasteiger partial charge is 0.136 e. The number of benzene rings is 11. The van der Waals surface area contributed by atoms with Crippen LogP contribution >= 0.6 is 0 Å². The molecule has 0 atom stereocenters. The molecule has 0 aliphatic rings. The first-order valence-electron chi connectivity index (χ1n) is 21.3. The molecule has 0 aliphatic heterocycles. The molecule has 0 saturated carbocycles. The molecule has 2 heteroatoms. The van der Waals surface area contributed by atoms with Crippen LogP contribution in [0.25, 0.3) is 98.8 Å². The van der Waals surface area contributed by atoms with E-state index >= 15 is 0 Å². The fraction of sp³-hybridized carbons (Fsp3) is 0. The minimum Gasteiger partial charge on any atom is -0.456 e. The molecule has 0 saturated heterocycles. The minimum atomic E-state index is 0.886. The minimum absolute atomic E-state index is 0.886. The lowest BCUT2D eigenvalue weighted by molar-refractivity contribution is 0.669. The highest BCUT2D eigenvalue weighted by atomic mass is 16.3. The molecule has 12 aromatic rings. The fourth-order valence-corrected chi connectivity index (χ4v) is 9.68. The molecule has 0 radical (unpaired) electrons. The van der Waals surface area contributed by atoms with E-state index in [4.69, 9.17) is 4.42 Å². The summed E-state index contributed by atoms with van der Waals surface area (Å²) in [6.45, 7) is 0. The van der Waals surface area contributed by atoms with Crippen molar-refractivity contribution in [2.75, 3.05) is 4.90 Å². The summed E-state index contributed by atoms with van der Waals surface area (Å²) in [6.07, 6.45) is 0. The zero-order chi connectivity index (χ0) is 41.0. The van der Waals surface area contributed by atoms with E-state index in [9.17, 15) is 0 Å². The molecular formula is C60H39NO. The van der Waals surface area contributed by atoms with Gasteiger partial charge in [0.1, 0.15) is 11.2 Å². The van der Waals surface area contributed by atoms with Crippen molar-refractivity contribution in [1.29, 1.82) is 0 Å². The normalized spacial score (nSPS) is 11.5. The number of nitrogens with zero attached hydrogens (tertiary/aromatic N) is 1. The van der Waals surface area contributed by atoms with Crippen LogP contribution in [0.1, 0.15) is 0 Å². The maximum Gasteiger partial charge on any atom is 0.136 e. The molecule has 290 valence electrons. The second-order valence-electron chi connectivity index (χ2n) is 16.0. The Labute approximate surface area is 360 Å². The number of hydrogen-bond donors (Lipinski definition) is 0. The van der Waals surface area contributed by atoms with Crippen LogP contribution in [0.5, 0.6) is 0 Å². The molecule has 0 aliphatic carbocycles. The van der Waals surface area contributed by atoms with Gasteiger partial charge in [-0.25, -0.2) is 0 Å². The van der Waals surface area contributed by atoms with Gasteiger partial charge in [-0.1, -0.05) is 194 Å². The molecule has 11 aromatic carbocycles. The fourth-order valence-electron chi connectivity index (χ4n) is 9.68. The summed E-state index contributed by atoms with van der Waals surface area (Å²) in [7, 11) is 0. The molecule has 0 fully saturated rings. The Morgan fingerprint density at radius 2 is 0.806 bits per heavy atom. The first-order valence-corrected chi connectivity index (χ1v) is 21.3. The molecule has 0 amide bonds. The molecule has 0 bridgehead atoms. The van der Waals surface area contributed by atoms with Crippen LogP contribution in [0.3, 0.4) is 0 Å². The summed E-state index contributed by atoms with van der Waals surface area (Å²) in [6, 6.07) is 85.6. The first kappa shape index (κ1) is 35.7. The predicted molar refractivity (Wildman–Crippen MR) is 263 cm³/mol. The average Bonchev–Trinajstić information content (AvgIpc) is 3.73. The highest BCUT2D eigenvalue weighted by molar-refractivity contribution is 6.14. The second kappa shape index (κ2) is 14.8. The van der Waals surface area contributed by atoms with E-state index in [0.29, 0.717) is 0 Å². The van der Waals surface area contributed by atoms with E-state index in [0.717, 1.165) is 61.3 Å². The van der Waals surface area contributed by atoms with Gasteiger partial charge in [-0.2, -0.15) is 0 Å². The van der Waals surface area contributed by atoms with Gasteiger partial charge >= 0.3 is 0 Å². The van der Waals surface area contributed by atoms with Crippen LogP contribution in [-0.4, -0.2) is 0 Å². The average molecular weight is 790 g/mol. The molecule has 0 unspecified atom stereocenters. The Morgan fingerprint density at radius 1 is 0.274 bits per heavy atom. The van der Waals surface area contributed by atoms with Crippen molar-refractivity contribution in [3.05, 3.63) is 237 Å². The zero-order valence-electron chi connectivity index (χ0n) is 33.9. The van der Waals surface area contributed by atoms with E-state index in [-0.39, 0.29) is 0 Å². The van der Waals surface area contributed by atoms with Crippen molar-refractivity contribution in [2.24, 2.45) is 0 Å². The topological polar surface area (TPSA) is 16.4 Å². The molecular weight excluding hydrogens is 751 g/mol. The SMILES string of the molecule is c1ccc(-c2cccc3cccc(-c4ccccc4N(c4cccc(-c5cccc6c5ccc5ccccc56)c4)c4cccc(-c5cccc6oc7ccccc7c56)c4)c23)cc1. The Morgan fingerprint density at radius 3 is 1.63 bits per heavy atom. The lowest BCUT2D eigenvalue weighted by Gasteiger charge is -2.29. The monoisotopic (exact) mass is 789 g/mol. The highest BCUT2D eigenvalue weighted by Crippen LogP contribution is 2.47. The largest absolute Gasteiger partial charge is 0.456 e. The van der Waals surface area contributed by atoms with Crippen molar-refractivity contribution in [1.82, 2.24) is 0 Å². The summed E-state index contributed by atoms with van der Waals surface area (Å²) in [5, 5.41) is 9.69. The molecule has 0 spiro atoms. The maximum atomic E-state index is 6.37. The van der Waals surface area contributed by atoms with Crippen LogP contribution in [0.4, 0.5) is 17.1 Å². The summed E-state index contributed by atoms with van der Waals surface area (Å²) in [5.41, 5.74) is 14.4. The quantitative estimate of drug-likeness (QED) is 0.150. The Kier molecular flexibility index (Phi) is 8.53. The third kappa shape index (κ3) is 5.96. The van der Waals surface area contributed by atoms with E-state index < -0.39 is 0 Å². The number of fused-ring (bicyclic) bond motifs is 7. The van der Waals surface area contributed by atoms with Crippen molar-refractivity contribution >= 4 is 71.3 Å². The molecule has 0 N–H and O–H groups in total. The number of rotatable bonds is 7. The number of para-hydroxylation sites is 2. The number of anilines is 3. The van der Waals surface area contributed by atoms with Gasteiger partial charge in [0.25, 0.3) is 0 Å². The molecule has 62 heavy (non-hydrogen) atoms. The van der Waals surface area contributed by atoms with Crippen LogP contribution in [0.15, 0.2) is 241 Å². The van der Waals surface area contributed by atoms with Crippen molar-refractivity contribution in [3.63, 3.8) is 0 Å². The molecule has 2 nitrogen and oxygen atoms in total. The van der Waals surface area contributed by atoms with E-state index in [1.807, 2.05) is 6.07 Å². The summed E-state index contributed by atoms with van der Waals surface area (Å²) >= 11 is 0. The second-order valence-corrected chi connectivity index (χ2v) is 16.0. The van der Waals surface area contributed by atoms with Gasteiger partial charge in [0.15, 0.2) is 0 Å². The van der Waals surface area contributed by atoms with Gasteiger partial charge in [0, 0.05) is 27.7 Å². The molecule has 12 rings (SSSR count). The summed E-state index contributed by atoms with van der Waals surface area (Å²) in [5.74, 6) is 0. The van der Waals surface area contributed by atoms with Crippen molar-refractivity contribution < 1.29 is 4.42 Å². The van der Waals surface area contributed by atoms with E-state index in [2.05, 4.69) is 235 Å². The lowest BCUT2D eigenvalue weighted by Crippen LogP contribution is -2.11. The van der Waals surface area contributed by atoms with Crippen molar-refractivity contribution in [3.8, 4) is 44.5 Å². The van der Waals surface area contributed by atoms with Gasteiger partial charge in [-0.15, -0.1) is 0 Å². The third-order valence-electron chi connectivity index (χ3n) is 12.4. The van der Waals surface area contributed by atoms with Crippen LogP contribution < -0.4 is 4.90 Å². The summed E-state index contributed by atoms with van der Waals surface area (Å²) in [4.78, 5) is 2.44. The Balaban J connectivity index is 1.10. The van der Waals surface area contributed by atoms with Crippen LogP contribution in [0, 0.1) is 0 Å². The molecule has 1 heterocycles. The van der Waals surface area contributed by atoms with Gasteiger partial charge < -0.3 is 9.32 Å². The van der Waals surface area contributed by atoms with E-state index in [1.165, 1.54) is 54.6 Å². The van der Waals surface area contributed by atoms with E-state index in [1.54, 1.807) is 0 Å². The van der Waals surface area contributed by atoms with Crippen molar-refractivity contribution in [2.45, 2.75) is 0 Å². The third-order valence-corrected chi connectivity index (χ3v) is 12.4. The number of hydrogen-bond acceptors (Lipinski definition) is 2.